The molecule has 2 aromatic rings. The maximum absolute atomic E-state index is 11.0. The number of hydrogen-bond donors (Lipinski definition) is 3. The number of carbonyl (C=O) groups excluding carboxylic acids is 1. The Labute approximate surface area is 92.0 Å². The summed E-state index contributed by atoms with van der Waals surface area (Å²) in [5, 5.41) is 9.52. The zero-order valence-corrected chi connectivity index (χ0v) is 8.22. The molecule has 0 aliphatic rings. The van der Waals surface area contributed by atoms with Gasteiger partial charge in [0.2, 0.25) is 5.58 Å². The maximum atomic E-state index is 11.0. The van der Waals surface area contributed by atoms with Gasteiger partial charge in [0.1, 0.15) is 5.69 Å². The second-order valence-corrected chi connectivity index (χ2v) is 3.16. The van der Waals surface area contributed by atoms with E-state index in [1.165, 1.54) is 0 Å². The van der Waals surface area contributed by atoms with Gasteiger partial charge in [-0.05, 0) is 0 Å². The molecule has 0 spiro atoms. The zero-order chi connectivity index (χ0) is 12.7. The molecule has 0 atom stereocenters. The number of anilines is 1. The first-order valence-corrected chi connectivity index (χ1v) is 4.31. The number of nitrogen functional groups attached to an aromatic ring is 1. The molecular formula is C9H6N2O6. The number of hydrogen-bond acceptors (Lipinski definition) is 7. The lowest BCUT2D eigenvalue weighted by Gasteiger charge is -2.05. The van der Waals surface area contributed by atoms with Crippen LogP contribution in [0.2, 0.25) is 0 Å². The highest BCUT2D eigenvalue weighted by Crippen LogP contribution is 2.32. The Morgan fingerprint density at radius 3 is 2.41 bits per heavy atom. The van der Waals surface area contributed by atoms with Crippen molar-refractivity contribution in [3.8, 4) is 5.75 Å². The smallest absolute Gasteiger partial charge is 0.423 e. The van der Waals surface area contributed by atoms with Gasteiger partial charge in [-0.1, -0.05) is 0 Å². The number of nitrogens with two attached hydrogens (primary N) is 2. The van der Waals surface area contributed by atoms with Gasteiger partial charge >= 0.3 is 11.3 Å². The monoisotopic (exact) mass is 238 g/mol. The van der Waals surface area contributed by atoms with Crippen molar-refractivity contribution in [2.24, 2.45) is 5.73 Å². The van der Waals surface area contributed by atoms with Crippen LogP contribution in [-0.4, -0.2) is 11.0 Å². The maximum Gasteiger partial charge on any atom is 0.423 e. The minimum atomic E-state index is -1.27. The van der Waals surface area contributed by atoms with Crippen LogP contribution < -0.4 is 22.7 Å². The zero-order valence-electron chi connectivity index (χ0n) is 8.22. The summed E-state index contributed by atoms with van der Waals surface area (Å²) in [5.41, 5.74) is 6.56. The number of benzene rings is 1. The molecule has 0 unspecified atom stereocenters. The number of aromatic hydroxyl groups is 1. The van der Waals surface area contributed by atoms with E-state index in [1.54, 1.807) is 0 Å². The third-order valence-corrected chi connectivity index (χ3v) is 2.08. The molecule has 0 bridgehead atoms. The van der Waals surface area contributed by atoms with Crippen LogP contribution in [0.1, 0.15) is 10.4 Å². The number of fused-ring (bicyclic) bond motifs is 1. The Hall–Kier alpha value is -2.77. The largest absolute Gasteiger partial charge is 0.505 e. The Bertz CT molecular complexity index is 741. The van der Waals surface area contributed by atoms with Crippen LogP contribution in [0.15, 0.2) is 24.5 Å². The van der Waals surface area contributed by atoms with Crippen LogP contribution in [0.5, 0.6) is 5.75 Å². The molecule has 17 heavy (non-hydrogen) atoms. The standard InChI is InChI=1S/C9H6N2O6/c10-4-5(12)2(7(11)13)1-3-6(4)17-9(15)8(14)16-3/h1,12H,10H2,(H2,11,13). The topological polar surface area (TPSA) is 150 Å². The molecule has 5 N–H and O–H groups in total. The van der Waals surface area contributed by atoms with E-state index < -0.39 is 28.6 Å². The van der Waals surface area contributed by atoms with Crippen molar-refractivity contribution in [3.05, 3.63) is 32.5 Å². The molecule has 8 nitrogen and oxygen atoms in total. The van der Waals surface area contributed by atoms with Crippen LogP contribution >= 0.6 is 0 Å². The quantitative estimate of drug-likeness (QED) is 0.332. The molecule has 1 amide bonds. The van der Waals surface area contributed by atoms with Gasteiger partial charge in [0.25, 0.3) is 5.91 Å². The van der Waals surface area contributed by atoms with Crippen molar-refractivity contribution in [3.63, 3.8) is 0 Å². The fourth-order valence-corrected chi connectivity index (χ4v) is 1.30. The summed E-state index contributed by atoms with van der Waals surface area (Å²) in [5.74, 6) is -1.60. The Kier molecular flexibility index (Phi) is 2.13. The first-order chi connectivity index (χ1) is 7.91. The molecule has 0 saturated carbocycles. The van der Waals surface area contributed by atoms with Gasteiger partial charge < -0.3 is 25.4 Å². The molecule has 1 heterocycles. The van der Waals surface area contributed by atoms with Gasteiger partial charge in [0.05, 0.1) is 5.56 Å². The highest BCUT2D eigenvalue weighted by Gasteiger charge is 2.18. The third-order valence-electron chi connectivity index (χ3n) is 2.08. The molecule has 0 saturated heterocycles. The predicted octanol–water partition coefficient (Wildman–Crippen LogP) is -0.867. The second kappa shape index (κ2) is 3.37. The van der Waals surface area contributed by atoms with E-state index in [2.05, 4.69) is 8.83 Å². The second-order valence-electron chi connectivity index (χ2n) is 3.16. The van der Waals surface area contributed by atoms with Gasteiger partial charge in [0, 0.05) is 6.07 Å². The van der Waals surface area contributed by atoms with Crippen LogP contribution in [0.4, 0.5) is 5.69 Å². The lowest BCUT2D eigenvalue weighted by atomic mass is 10.1. The Morgan fingerprint density at radius 2 is 1.82 bits per heavy atom. The summed E-state index contributed by atoms with van der Waals surface area (Å²) in [7, 11) is 0. The number of carbonyl (C=O) groups is 1. The highest BCUT2D eigenvalue weighted by molar-refractivity contribution is 6.03. The fraction of sp³-hybridized carbons (Fsp3) is 0. The summed E-state index contributed by atoms with van der Waals surface area (Å²) < 4.78 is 9.10. The van der Waals surface area contributed by atoms with Crippen LogP contribution in [0.3, 0.4) is 0 Å². The summed E-state index contributed by atoms with van der Waals surface area (Å²) >= 11 is 0. The number of primary amides is 1. The fourth-order valence-electron chi connectivity index (χ4n) is 1.30. The molecule has 1 aromatic heterocycles. The molecule has 0 radical (unpaired) electrons. The molecule has 0 fully saturated rings. The van der Waals surface area contributed by atoms with E-state index >= 15 is 0 Å². The molecule has 1 aromatic carbocycles. The minimum Gasteiger partial charge on any atom is -0.505 e. The van der Waals surface area contributed by atoms with E-state index in [4.69, 9.17) is 11.5 Å². The number of rotatable bonds is 1. The molecule has 0 aliphatic heterocycles. The SMILES string of the molecule is NC(=O)c1cc2oc(=O)c(=O)oc2c(N)c1O. The lowest BCUT2D eigenvalue weighted by molar-refractivity contribution is 0.0998. The number of phenols is 1. The van der Waals surface area contributed by atoms with Gasteiger partial charge in [-0.15, -0.1) is 0 Å². The van der Waals surface area contributed by atoms with E-state index in [0.29, 0.717) is 0 Å². The van der Waals surface area contributed by atoms with Gasteiger partial charge in [-0.3, -0.25) is 4.79 Å². The van der Waals surface area contributed by atoms with Crippen molar-refractivity contribution in [2.45, 2.75) is 0 Å². The summed E-state index contributed by atoms with van der Waals surface area (Å²) in [4.78, 5) is 32.8. The lowest BCUT2D eigenvalue weighted by Crippen LogP contribution is -2.21. The Morgan fingerprint density at radius 1 is 1.24 bits per heavy atom. The third kappa shape index (κ3) is 1.51. The molecule has 2 rings (SSSR count). The van der Waals surface area contributed by atoms with Crippen LogP contribution in [0.25, 0.3) is 11.2 Å². The molecule has 88 valence electrons. The van der Waals surface area contributed by atoms with E-state index in [9.17, 15) is 19.5 Å². The average Bonchev–Trinajstić information content (AvgIpc) is 2.26. The van der Waals surface area contributed by atoms with Crippen molar-refractivity contribution in [1.29, 1.82) is 0 Å². The average molecular weight is 238 g/mol. The van der Waals surface area contributed by atoms with E-state index in [1.807, 2.05) is 0 Å². The number of amides is 1. The van der Waals surface area contributed by atoms with Crippen molar-refractivity contribution >= 4 is 22.8 Å². The van der Waals surface area contributed by atoms with Gasteiger partial charge in [-0.2, -0.15) is 0 Å². The Balaban J connectivity index is 3.01. The molecule has 8 heteroatoms. The first-order valence-electron chi connectivity index (χ1n) is 4.31. The van der Waals surface area contributed by atoms with E-state index in [0.717, 1.165) is 6.07 Å². The predicted molar refractivity (Wildman–Crippen MR) is 55.6 cm³/mol. The van der Waals surface area contributed by atoms with Gasteiger partial charge in [-0.25, -0.2) is 9.59 Å². The summed E-state index contributed by atoms with van der Waals surface area (Å²) in [6, 6.07) is 0.966. The first kappa shape index (κ1) is 10.7. The normalized spacial score (nSPS) is 10.6. The van der Waals surface area contributed by atoms with E-state index in [-0.39, 0.29) is 16.7 Å². The highest BCUT2D eigenvalue weighted by atomic mass is 16.5. The summed E-state index contributed by atoms with van der Waals surface area (Å²) in [6.45, 7) is 0. The van der Waals surface area contributed by atoms with Crippen LogP contribution in [0, 0.1) is 0 Å². The molecular weight excluding hydrogens is 232 g/mol. The van der Waals surface area contributed by atoms with Crippen molar-refractivity contribution in [1.82, 2.24) is 0 Å². The van der Waals surface area contributed by atoms with Gasteiger partial charge in [0.15, 0.2) is 11.3 Å². The molecule has 0 aliphatic carbocycles. The minimum absolute atomic E-state index is 0.251. The van der Waals surface area contributed by atoms with Crippen LogP contribution in [-0.2, 0) is 0 Å². The van der Waals surface area contributed by atoms with Crippen molar-refractivity contribution in [2.75, 3.05) is 5.73 Å². The van der Waals surface area contributed by atoms with Crippen molar-refractivity contribution < 1.29 is 18.7 Å². The summed E-state index contributed by atoms with van der Waals surface area (Å²) in [6.07, 6.45) is 0.